The molecule has 2 rings (SSSR count). The largest absolute Gasteiger partial charge is 0.390 e. The van der Waals surface area contributed by atoms with E-state index in [4.69, 9.17) is 0 Å². The third-order valence-electron chi connectivity index (χ3n) is 4.24. The van der Waals surface area contributed by atoms with E-state index in [0.717, 1.165) is 32.2 Å². The first-order valence-electron chi connectivity index (χ1n) is 6.33. The van der Waals surface area contributed by atoms with Gasteiger partial charge in [-0.3, -0.25) is 9.29 Å². The van der Waals surface area contributed by atoms with Gasteiger partial charge in [-0.25, -0.2) is 0 Å². The minimum Gasteiger partial charge on any atom is -0.390 e. The van der Waals surface area contributed by atoms with E-state index in [1.807, 2.05) is 0 Å². The zero-order chi connectivity index (χ0) is 11.8. The second kappa shape index (κ2) is 4.59. The van der Waals surface area contributed by atoms with Crippen LogP contribution in [0.2, 0.25) is 0 Å². The zero-order valence-electron chi connectivity index (χ0n) is 9.90. The van der Waals surface area contributed by atoms with Gasteiger partial charge >= 0.3 is 0 Å². The van der Waals surface area contributed by atoms with Gasteiger partial charge in [-0.05, 0) is 25.8 Å². The number of halogens is 1. The molecule has 16 heavy (non-hydrogen) atoms. The predicted octanol–water partition coefficient (Wildman–Crippen LogP) is 0.942. The number of hydrogen-bond acceptors (Lipinski definition) is 3. The molecule has 3 unspecified atom stereocenters. The zero-order valence-corrected chi connectivity index (χ0v) is 9.90. The van der Waals surface area contributed by atoms with Crippen molar-refractivity contribution in [2.24, 2.45) is 5.92 Å². The summed E-state index contributed by atoms with van der Waals surface area (Å²) >= 11 is 0. The second-order valence-corrected chi connectivity index (χ2v) is 5.22. The fourth-order valence-corrected chi connectivity index (χ4v) is 3.05. The predicted molar refractivity (Wildman–Crippen MR) is 59.9 cm³/mol. The van der Waals surface area contributed by atoms with Crippen molar-refractivity contribution in [3.8, 4) is 0 Å². The average molecular weight is 231 g/mol. The summed E-state index contributed by atoms with van der Waals surface area (Å²) in [6.07, 6.45) is 2.44. The number of hydrogen-bond donors (Lipinski definition) is 2. The smallest absolute Gasteiger partial charge is 0.0966 e. The summed E-state index contributed by atoms with van der Waals surface area (Å²) in [7, 11) is 0. The highest BCUT2D eigenvalue weighted by Crippen LogP contribution is 2.52. The van der Waals surface area contributed by atoms with Crippen molar-refractivity contribution in [1.29, 1.82) is 0 Å². The fourth-order valence-electron chi connectivity index (χ4n) is 3.05. The van der Waals surface area contributed by atoms with Crippen LogP contribution in [0.25, 0.3) is 0 Å². The molecule has 2 fully saturated rings. The minimum absolute atomic E-state index is 0.136. The molecule has 1 saturated carbocycles. The van der Waals surface area contributed by atoms with Crippen LogP contribution < -0.4 is 0 Å². The van der Waals surface area contributed by atoms with Crippen LogP contribution >= 0.6 is 0 Å². The number of likely N-dealkylation sites (tertiary alicyclic amines) is 1. The van der Waals surface area contributed by atoms with E-state index in [1.165, 1.54) is 0 Å². The van der Waals surface area contributed by atoms with Crippen molar-refractivity contribution < 1.29 is 14.6 Å². The highest BCUT2D eigenvalue weighted by Gasteiger charge is 2.59. The Kier molecular flexibility index (Phi) is 3.52. The number of piperidine rings is 1. The Balaban J connectivity index is 2.08. The van der Waals surface area contributed by atoms with Crippen molar-refractivity contribution in [2.75, 3.05) is 19.8 Å². The van der Waals surface area contributed by atoms with E-state index < -0.39 is 24.8 Å². The number of rotatable bonds is 4. The molecule has 2 N–H and O–H groups in total. The maximum atomic E-state index is 13.0. The van der Waals surface area contributed by atoms with Crippen LogP contribution in [0.5, 0.6) is 0 Å². The second-order valence-electron chi connectivity index (χ2n) is 5.22. The van der Waals surface area contributed by atoms with Gasteiger partial charge in [0.15, 0.2) is 0 Å². The van der Waals surface area contributed by atoms with E-state index in [9.17, 15) is 14.6 Å². The summed E-state index contributed by atoms with van der Waals surface area (Å²) in [6, 6.07) is 0. The Labute approximate surface area is 96.3 Å². The van der Waals surface area contributed by atoms with Crippen LogP contribution in [0.4, 0.5) is 4.39 Å². The lowest BCUT2D eigenvalue weighted by Gasteiger charge is -2.46. The van der Waals surface area contributed by atoms with Gasteiger partial charge in [0.1, 0.15) is 0 Å². The van der Waals surface area contributed by atoms with Crippen LogP contribution in [0.3, 0.4) is 0 Å². The number of aliphatic hydroxyl groups excluding tert-OH is 2. The quantitative estimate of drug-likeness (QED) is 0.757. The Hall–Kier alpha value is -0.190. The number of unbranched alkanes of at least 4 members (excludes halogenated alkanes) is 1. The van der Waals surface area contributed by atoms with Crippen molar-refractivity contribution in [2.45, 2.75) is 50.4 Å². The molecule has 1 heterocycles. The molecule has 0 aromatic heterocycles. The molecule has 4 heteroatoms. The summed E-state index contributed by atoms with van der Waals surface area (Å²) < 4.78 is 13.0. The van der Waals surface area contributed by atoms with Crippen molar-refractivity contribution >= 4 is 0 Å². The molecule has 1 aliphatic carbocycles. The van der Waals surface area contributed by atoms with Gasteiger partial charge in [0.2, 0.25) is 0 Å². The average Bonchev–Trinajstić information content (AvgIpc) is 3.04. The first-order chi connectivity index (χ1) is 7.65. The normalized spacial score (nSPS) is 37.9. The molecule has 3 atom stereocenters. The van der Waals surface area contributed by atoms with Gasteiger partial charge in [0.05, 0.1) is 18.9 Å². The van der Waals surface area contributed by atoms with Crippen molar-refractivity contribution in [3.63, 3.8) is 0 Å². The molecule has 94 valence electrons. The summed E-state index contributed by atoms with van der Waals surface area (Å²) in [5.41, 5.74) is -0.136. The molecule has 0 amide bonds. The summed E-state index contributed by atoms with van der Waals surface area (Å²) in [4.78, 5) is 2.21. The van der Waals surface area contributed by atoms with E-state index >= 15 is 0 Å². The summed E-state index contributed by atoms with van der Waals surface area (Å²) in [5.74, 6) is -0.395. The molecule has 0 aromatic rings. The Morgan fingerprint density at radius 3 is 2.56 bits per heavy atom. The van der Waals surface area contributed by atoms with Crippen LogP contribution in [0.1, 0.15) is 32.6 Å². The number of β-amino-alcohol motifs (C(OH)–C–C–N with tert-alkyl or cyclic N) is 1. The first kappa shape index (κ1) is 12.3. The van der Waals surface area contributed by atoms with Gasteiger partial charge in [-0.1, -0.05) is 13.3 Å². The standard InChI is InChI=1S/C12H22FNO2/c1-2-3-6-14-8-10(15)11(16)9(7-13)12(14)4-5-12/h9-11,15-16H,2-8H2,1H3. The third kappa shape index (κ3) is 1.87. The third-order valence-corrected chi connectivity index (χ3v) is 4.24. The maximum absolute atomic E-state index is 13.0. The van der Waals surface area contributed by atoms with Gasteiger partial charge < -0.3 is 10.2 Å². The molecule has 0 bridgehead atoms. The molecule has 1 aliphatic heterocycles. The SMILES string of the molecule is CCCCN1CC(O)C(O)C(CF)C12CC2. The van der Waals surface area contributed by atoms with Gasteiger partial charge in [-0.2, -0.15) is 0 Å². The van der Waals surface area contributed by atoms with Gasteiger partial charge in [0.25, 0.3) is 0 Å². The van der Waals surface area contributed by atoms with Crippen molar-refractivity contribution in [3.05, 3.63) is 0 Å². The number of alkyl halides is 1. The fraction of sp³-hybridized carbons (Fsp3) is 1.00. The van der Waals surface area contributed by atoms with E-state index in [1.54, 1.807) is 0 Å². The molecular formula is C12H22FNO2. The Bertz CT molecular complexity index is 245. The lowest BCUT2D eigenvalue weighted by Crippen LogP contribution is -2.60. The topological polar surface area (TPSA) is 43.7 Å². The molecule has 1 spiro atoms. The monoisotopic (exact) mass is 231 g/mol. The summed E-state index contributed by atoms with van der Waals surface area (Å²) in [6.45, 7) is 3.01. The first-order valence-corrected chi connectivity index (χ1v) is 6.33. The molecule has 0 aromatic carbocycles. The molecule has 1 saturated heterocycles. The van der Waals surface area contributed by atoms with Gasteiger partial charge in [-0.15, -0.1) is 0 Å². The van der Waals surface area contributed by atoms with E-state index in [-0.39, 0.29) is 5.54 Å². The highest BCUT2D eigenvalue weighted by atomic mass is 19.1. The van der Waals surface area contributed by atoms with Crippen LogP contribution in [0.15, 0.2) is 0 Å². The lowest BCUT2D eigenvalue weighted by atomic mass is 9.83. The molecular weight excluding hydrogens is 209 g/mol. The van der Waals surface area contributed by atoms with E-state index in [2.05, 4.69) is 11.8 Å². The lowest BCUT2D eigenvalue weighted by molar-refractivity contribution is -0.115. The molecule has 3 nitrogen and oxygen atoms in total. The highest BCUT2D eigenvalue weighted by molar-refractivity contribution is 5.14. The van der Waals surface area contributed by atoms with Gasteiger partial charge in [0, 0.05) is 18.0 Å². The number of aliphatic hydroxyl groups is 2. The van der Waals surface area contributed by atoms with Crippen LogP contribution in [-0.2, 0) is 0 Å². The maximum Gasteiger partial charge on any atom is 0.0966 e. The van der Waals surface area contributed by atoms with Crippen LogP contribution in [0, 0.1) is 5.92 Å². The molecule has 2 aliphatic rings. The Morgan fingerprint density at radius 1 is 1.38 bits per heavy atom. The number of nitrogens with zero attached hydrogens (tertiary/aromatic N) is 1. The Morgan fingerprint density at radius 2 is 2.06 bits per heavy atom. The van der Waals surface area contributed by atoms with E-state index in [0.29, 0.717) is 6.54 Å². The van der Waals surface area contributed by atoms with Crippen LogP contribution in [-0.4, -0.2) is 52.6 Å². The molecule has 0 radical (unpaired) electrons. The minimum atomic E-state index is -0.884. The van der Waals surface area contributed by atoms with Crippen molar-refractivity contribution in [1.82, 2.24) is 4.90 Å². The summed E-state index contributed by atoms with van der Waals surface area (Å²) in [5, 5.41) is 19.6.